The number of nitrogens with zero attached hydrogens (tertiary/aromatic N) is 1. The molecule has 1 amide bonds. The van der Waals surface area contributed by atoms with Gasteiger partial charge in [0.05, 0.1) is 17.0 Å². The van der Waals surface area contributed by atoms with Crippen LogP contribution in [0, 0.1) is 5.82 Å². The Balaban J connectivity index is 1.73. The van der Waals surface area contributed by atoms with E-state index in [1.165, 1.54) is 35.2 Å². The average molecular weight is 436 g/mol. The molecule has 0 fully saturated rings. The highest BCUT2D eigenvalue weighted by Gasteiger charge is 2.42. The molecule has 0 radical (unpaired) electrons. The molecule has 0 saturated heterocycles. The molecule has 1 N–H and O–H groups in total. The fourth-order valence-corrected chi connectivity index (χ4v) is 4.16. The lowest BCUT2D eigenvalue weighted by Gasteiger charge is -2.25. The molecule has 1 aromatic heterocycles. The molecule has 1 aliphatic rings. The summed E-state index contributed by atoms with van der Waals surface area (Å²) in [5, 5.41) is 10.7. The summed E-state index contributed by atoms with van der Waals surface area (Å²) in [6.07, 6.45) is 0. The molecule has 7 heteroatoms. The minimum atomic E-state index is -0.778. The highest BCUT2D eigenvalue weighted by Crippen LogP contribution is 2.40. The van der Waals surface area contributed by atoms with Crippen molar-refractivity contribution >= 4 is 28.5 Å². The standard InChI is InChI=1S/C24H15ClFNO4/c25-15-6-9-19-18(11-15)22(29)20-21(14-2-1-3-17(28)10-14)27(24(30)23(20)31-19)12-13-4-7-16(26)8-5-13/h1-11,21,28H,12H2. The van der Waals surface area contributed by atoms with Gasteiger partial charge < -0.3 is 14.4 Å². The minimum absolute atomic E-state index is 0.00773. The molecule has 0 bridgehead atoms. The molecule has 5 nitrogen and oxygen atoms in total. The predicted molar refractivity (Wildman–Crippen MR) is 114 cm³/mol. The fraction of sp³-hybridized carbons (Fsp3) is 0.0833. The maximum atomic E-state index is 13.4. The van der Waals surface area contributed by atoms with Gasteiger partial charge in [-0.25, -0.2) is 4.39 Å². The second-order valence-corrected chi connectivity index (χ2v) is 7.81. The number of phenols is 1. The third-order valence-corrected chi connectivity index (χ3v) is 5.61. The summed E-state index contributed by atoms with van der Waals surface area (Å²) in [5.41, 5.74) is 1.34. The smallest absolute Gasteiger partial charge is 0.291 e. The van der Waals surface area contributed by atoms with E-state index in [0.29, 0.717) is 16.1 Å². The average Bonchev–Trinajstić information content (AvgIpc) is 3.02. The lowest BCUT2D eigenvalue weighted by Crippen LogP contribution is -2.29. The lowest BCUT2D eigenvalue weighted by atomic mass is 9.98. The number of benzene rings is 3. The van der Waals surface area contributed by atoms with Gasteiger partial charge in [-0.05, 0) is 53.6 Å². The van der Waals surface area contributed by atoms with Gasteiger partial charge in [0.1, 0.15) is 17.1 Å². The van der Waals surface area contributed by atoms with Crippen LogP contribution in [0.5, 0.6) is 5.75 Å². The van der Waals surface area contributed by atoms with Gasteiger partial charge in [0.25, 0.3) is 5.91 Å². The van der Waals surface area contributed by atoms with Crippen molar-refractivity contribution in [3.63, 3.8) is 0 Å². The third-order valence-electron chi connectivity index (χ3n) is 5.38. The van der Waals surface area contributed by atoms with E-state index in [4.69, 9.17) is 16.0 Å². The molecular weight excluding hydrogens is 421 g/mol. The van der Waals surface area contributed by atoms with Crippen LogP contribution in [0.1, 0.15) is 33.3 Å². The normalized spacial score (nSPS) is 15.5. The second-order valence-electron chi connectivity index (χ2n) is 7.37. The largest absolute Gasteiger partial charge is 0.508 e. The summed E-state index contributed by atoms with van der Waals surface area (Å²) in [5.74, 6) is -0.880. The molecule has 1 atom stereocenters. The van der Waals surface area contributed by atoms with Crippen molar-refractivity contribution in [3.8, 4) is 5.75 Å². The molecule has 1 unspecified atom stereocenters. The first-order valence-electron chi connectivity index (χ1n) is 9.53. The molecule has 1 aliphatic heterocycles. The number of carbonyl (C=O) groups excluding carboxylic acids is 1. The summed E-state index contributed by atoms with van der Waals surface area (Å²) in [6, 6.07) is 16.0. The van der Waals surface area contributed by atoms with Crippen LogP contribution in [-0.4, -0.2) is 15.9 Å². The zero-order chi connectivity index (χ0) is 21.7. The summed E-state index contributed by atoms with van der Waals surface area (Å²) in [4.78, 5) is 28.2. The van der Waals surface area contributed by atoms with Crippen molar-refractivity contribution in [2.24, 2.45) is 0 Å². The van der Waals surface area contributed by atoms with E-state index in [0.717, 1.165) is 0 Å². The summed E-state index contributed by atoms with van der Waals surface area (Å²) < 4.78 is 19.2. The third kappa shape index (κ3) is 3.25. The zero-order valence-corrected chi connectivity index (χ0v) is 16.8. The van der Waals surface area contributed by atoms with Crippen molar-refractivity contribution in [1.29, 1.82) is 0 Å². The lowest BCUT2D eigenvalue weighted by molar-refractivity contribution is 0.0714. The Morgan fingerprint density at radius 3 is 2.55 bits per heavy atom. The first kappa shape index (κ1) is 19.3. The van der Waals surface area contributed by atoms with Gasteiger partial charge >= 0.3 is 0 Å². The summed E-state index contributed by atoms with van der Waals surface area (Å²) in [7, 11) is 0. The Hall–Kier alpha value is -3.64. The van der Waals surface area contributed by atoms with Crippen molar-refractivity contribution < 1.29 is 18.7 Å². The van der Waals surface area contributed by atoms with Gasteiger partial charge in [-0.15, -0.1) is 0 Å². The number of rotatable bonds is 3. The van der Waals surface area contributed by atoms with Crippen LogP contribution >= 0.6 is 11.6 Å². The Labute approximate surface area is 180 Å². The number of phenolic OH excluding ortho intramolecular Hbond substituents is 1. The van der Waals surface area contributed by atoms with E-state index >= 15 is 0 Å². The highest BCUT2D eigenvalue weighted by molar-refractivity contribution is 6.31. The SMILES string of the molecule is O=C1c2oc3ccc(Cl)cc3c(=O)c2C(c2cccc(O)c2)N1Cc1ccc(F)cc1. The first-order chi connectivity index (χ1) is 14.9. The molecule has 3 aromatic carbocycles. The van der Waals surface area contributed by atoms with Gasteiger partial charge in [0.15, 0.2) is 5.43 Å². The number of hydrogen-bond acceptors (Lipinski definition) is 4. The van der Waals surface area contributed by atoms with Crippen molar-refractivity contribution in [1.82, 2.24) is 4.90 Å². The van der Waals surface area contributed by atoms with Crippen LogP contribution in [0.2, 0.25) is 5.02 Å². The molecule has 4 aromatic rings. The highest BCUT2D eigenvalue weighted by atomic mass is 35.5. The monoisotopic (exact) mass is 435 g/mol. The molecule has 0 aliphatic carbocycles. The maximum Gasteiger partial charge on any atom is 0.291 e. The number of aromatic hydroxyl groups is 1. The maximum absolute atomic E-state index is 13.4. The molecule has 0 spiro atoms. The molecule has 2 heterocycles. The van der Waals surface area contributed by atoms with E-state index in [-0.39, 0.29) is 45.8 Å². The number of carbonyl (C=O) groups is 1. The quantitative estimate of drug-likeness (QED) is 0.489. The molecule has 0 saturated carbocycles. The van der Waals surface area contributed by atoms with Crippen molar-refractivity contribution in [2.45, 2.75) is 12.6 Å². The number of hydrogen-bond donors (Lipinski definition) is 1. The molecular formula is C24H15ClFNO4. The van der Waals surface area contributed by atoms with Crippen LogP contribution < -0.4 is 5.43 Å². The fourth-order valence-electron chi connectivity index (χ4n) is 3.98. The van der Waals surface area contributed by atoms with Crippen LogP contribution in [0.4, 0.5) is 4.39 Å². The van der Waals surface area contributed by atoms with Gasteiger partial charge in [-0.3, -0.25) is 9.59 Å². The number of halogens is 2. The number of fused-ring (bicyclic) bond motifs is 2. The Morgan fingerprint density at radius 2 is 1.81 bits per heavy atom. The Bertz CT molecular complexity index is 1400. The van der Waals surface area contributed by atoms with E-state index < -0.39 is 11.9 Å². The Kier molecular flexibility index (Phi) is 4.52. The minimum Gasteiger partial charge on any atom is -0.508 e. The van der Waals surface area contributed by atoms with Gasteiger partial charge in [-0.1, -0.05) is 35.9 Å². The van der Waals surface area contributed by atoms with Crippen LogP contribution in [0.25, 0.3) is 11.0 Å². The molecule has 5 rings (SSSR count). The van der Waals surface area contributed by atoms with Gasteiger partial charge in [0.2, 0.25) is 5.76 Å². The van der Waals surface area contributed by atoms with E-state index in [1.807, 2.05) is 0 Å². The predicted octanol–water partition coefficient (Wildman–Crippen LogP) is 5.04. The second kappa shape index (κ2) is 7.25. The summed E-state index contributed by atoms with van der Waals surface area (Å²) >= 11 is 6.07. The van der Waals surface area contributed by atoms with Crippen LogP contribution in [0.3, 0.4) is 0 Å². The van der Waals surface area contributed by atoms with Crippen molar-refractivity contribution in [3.05, 3.63) is 110 Å². The topological polar surface area (TPSA) is 70.8 Å². The summed E-state index contributed by atoms with van der Waals surface area (Å²) in [6.45, 7) is 0.125. The van der Waals surface area contributed by atoms with E-state index in [1.54, 1.807) is 36.4 Å². The number of amides is 1. The first-order valence-corrected chi connectivity index (χ1v) is 9.91. The zero-order valence-electron chi connectivity index (χ0n) is 16.0. The van der Waals surface area contributed by atoms with Gasteiger partial charge in [-0.2, -0.15) is 0 Å². The van der Waals surface area contributed by atoms with E-state index in [9.17, 15) is 19.1 Å². The van der Waals surface area contributed by atoms with Crippen molar-refractivity contribution in [2.75, 3.05) is 0 Å². The van der Waals surface area contributed by atoms with E-state index in [2.05, 4.69) is 0 Å². The Morgan fingerprint density at radius 1 is 1.03 bits per heavy atom. The van der Waals surface area contributed by atoms with Gasteiger partial charge in [0, 0.05) is 11.6 Å². The molecule has 31 heavy (non-hydrogen) atoms. The van der Waals surface area contributed by atoms with Crippen LogP contribution in [-0.2, 0) is 6.54 Å². The molecule has 154 valence electrons. The van der Waals surface area contributed by atoms with Crippen LogP contribution in [0.15, 0.2) is 75.9 Å².